The SMILES string of the molecule is CCc1nnc2c(N3CCN(c4nc(SC)nc(C)c4C)CC3)nccn12. The maximum absolute atomic E-state index is 4.75. The molecule has 3 aromatic rings. The minimum absolute atomic E-state index is 0.831. The van der Waals surface area contributed by atoms with E-state index in [-0.39, 0.29) is 0 Å². The van der Waals surface area contributed by atoms with Crippen molar-refractivity contribution in [2.45, 2.75) is 32.3 Å². The lowest BCUT2D eigenvalue weighted by atomic mass is 10.2. The Bertz CT molecular complexity index is 961. The van der Waals surface area contributed by atoms with Crippen LogP contribution in [-0.4, -0.2) is 62.0 Å². The Kier molecular flexibility index (Phi) is 4.86. The Hall–Kier alpha value is -2.42. The number of anilines is 2. The van der Waals surface area contributed by atoms with Crippen LogP contribution in [0.1, 0.15) is 24.0 Å². The first-order valence-corrected chi connectivity index (χ1v) is 10.4. The van der Waals surface area contributed by atoms with E-state index in [0.717, 1.165) is 72.1 Å². The van der Waals surface area contributed by atoms with Gasteiger partial charge in [-0.25, -0.2) is 15.0 Å². The van der Waals surface area contributed by atoms with E-state index >= 15 is 0 Å². The fourth-order valence-electron chi connectivity index (χ4n) is 3.44. The average Bonchev–Trinajstić information content (AvgIpc) is 3.13. The van der Waals surface area contributed by atoms with Crippen molar-refractivity contribution >= 4 is 29.0 Å². The highest BCUT2D eigenvalue weighted by Gasteiger charge is 2.24. The summed E-state index contributed by atoms with van der Waals surface area (Å²) in [6.07, 6.45) is 6.63. The summed E-state index contributed by atoms with van der Waals surface area (Å²) in [6, 6.07) is 0. The number of nitrogens with zero attached hydrogens (tertiary/aromatic N) is 8. The first-order valence-electron chi connectivity index (χ1n) is 9.20. The van der Waals surface area contributed by atoms with E-state index in [1.54, 1.807) is 11.8 Å². The summed E-state index contributed by atoms with van der Waals surface area (Å²) in [5.74, 6) is 2.92. The van der Waals surface area contributed by atoms with Crippen LogP contribution in [0.5, 0.6) is 0 Å². The van der Waals surface area contributed by atoms with Crippen molar-refractivity contribution in [1.29, 1.82) is 0 Å². The molecule has 0 amide bonds. The summed E-state index contributed by atoms with van der Waals surface area (Å²) in [4.78, 5) is 18.5. The normalized spacial score (nSPS) is 15.0. The Morgan fingerprint density at radius 1 is 1.00 bits per heavy atom. The summed E-state index contributed by atoms with van der Waals surface area (Å²) in [5.41, 5.74) is 3.04. The zero-order valence-electron chi connectivity index (χ0n) is 16.2. The largest absolute Gasteiger partial charge is 0.353 e. The topological polar surface area (TPSA) is 75.3 Å². The van der Waals surface area contributed by atoms with Crippen molar-refractivity contribution in [1.82, 2.24) is 29.5 Å². The molecule has 142 valence electrons. The minimum atomic E-state index is 0.831. The van der Waals surface area contributed by atoms with Crippen molar-refractivity contribution in [3.63, 3.8) is 0 Å². The highest BCUT2D eigenvalue weighted by molar-refractivity contribution is 7.98. The van der Waals surface area contributed by atoms with Gasteiger partial charge in [0.15, 0.2) is 11.0 Å². The monoisotopic (exact) mass is 384 g/mol. The van der Waals surface area contributed by atoms with Crippen molar-refractivity contribution in [2.24, 2.45) is 0 Å². The number of fused-ring (bicyclic) bond motifs is 1. The molecule has 1 fully saturated rings. The van der Waals surface area contributed by atoms with Crippen molar-refractivity contribution < 1.29 is 0 Å². The molecule has 4 rings (SSSR count). The fraction of sp³-hybridized carbons (Fsp3) is 0.500. The standard InChI is InChI=1S/C18H24N8S/c1-5-14-22-23-17-16(19-6-7-26(14)17)25-10-8-24(9-11-25)15-12(2)13(3)20-18(21-15)27-4/h6-7H,5,8-11H2,1-4H3. The van der Waals surface area contributed by atoms with E-state index in [4.69, 9.17) is 4.98 Å². The highest BCUT2D eigenvalue weighted by Crippen LogP contribution is 2.26. The summed E-state index contributed by atoms with van der Waals surface area (Å²) in [5, 5.41) is 9.48. The average molecular weight is 385 g/mol. The van der Waals surface area contributed by atoms with Gasteiger partial charge >= 0.3 is 0 Å². The van der Waals surface area contributed by atoms with Crippen LogP contribution in [0.3, 0.4) is 0 Å². The third-order valence-corrected chi connectivity index (χ3v) is 5.65. The summed E-state index contributed by atoms with van der Waals surface area (Å²) in [7, 11) is 0. The van der Waals surface area contributed by atoms with Crippen LogP contribution in [0.2, 0.25) is 0 Å². The highest BCUT2D eigenvalue weighted by atomic mass is 32.2. The number of piperazine rings is 1. The smallest absolute Gasteiger partial charge is 0.203 e. The van der Waals surface area contributed by atoms with E-state index in [1.807, 2.05) is 23.1 Å². The zero-order valence-corrected chi connectivity index (χ0v) is 17.0. The second-order valence-electron chi connectivity index (χ2n) is 6.63. The third kappa shape index (κ3) is 3.20. The maximum atomic E-state index is 4.75. The molecular weight excluding hydrogens is 360 g/mol. The Balaban J connectivity index is 1.57. The van der Waals surface area contributed by atoms with Gasteiger partial charge < -0.3 is 9.80 Å². The van der Waals surface area contributed by atoms with E-state index < -0.39 is 0 Å². The second-order valence-corrected chi connectivity index (χ2v) is 7.41. The molecule has 8 nitrogen and oxygen atoms in total. The van der Waals surface area contributed by atoms with Gasteiger partial charge in [0.05, 0.1) is 0 Å². The van der Waals surface area contributed by atoms with Crippen LogP contribution in [0.4, 0.5) is 11.6 Å². The van der Waals surface area contributed by atoms with Gasteiger partial charge in [-0.15, -0.1) is 10.2 Å². The predicted molar refractivity (Wildman–Crippen MR) is 108 cm³/mol. The van der Waals surface area contributed by atoms with E-state index in [2.05, 4.69) is 50.7 Å². The summed E-state index contributed by atoms with van der Waals surface area (Å²) < 4.78 is 2.04. The third-order valence-electron chi connectivity index (χ3n) is 5.10. The molecule has 0 unspecified atom stereocenters. The van der Waals surface area contributed by atoms with Gasteiger partial charge in [0.1, 0.15) is 11.6 Å². The predicted octanol–water partition coefficient (Wildman–Crippen LogP) is 2.14. The molecule has 0 aromatic carbocycles. The summed E-state index contributed by atoms with van der Waals surface area (Å²) in [6.45, 7) is 9.77. The van der Waals surface area contributed by atoms with Gasteiger partial charge in [-0.2, -0.15) is 0 Å². The first kappa shape index (κ1) is 18.0. The number of hydrogen-bond acceptors (Lipinski definition) is 8. The molecule has 0 atom stereocenters. The van der Waals surface area contributed by atoms with Crippen molar-refractivity contribution in [3.05, 3.63) is 29.5 Å². The molecule has 1 aliphatic rings. The van der Waals surface area contributed by atoms with E-state index in [1.165, 1.54) is 0 Å². The van der Waals surface area contributed by atoms with Gasteiger partial charge in [-0.05, 0) is 20.1 Å². The molecule has 0 saturated carbocycles. The second kappa shape index (κ2) is 7.30. The quantitative estimate of drug-likeness (QED) is 0.500. The van der Waals surface area contributed by atoms with Gasteiger partial charge in [0.2, 0.25) is 5.65 Å². The van der Waals surface area contributed by atoms with Crippen LogP contribution in [-0.2, 0) is 6.42 Å². The molecule has 0 aliphatic carbocycles. The molecule has 9 heteroatoms. The van der Waals surface area contributed by atoms with Crippen molar-refractivity contribution in [2.75, 3.05) is 42.2 Å². The molecule has 3 aromatic heterocycles. The van der Waals surface area contributed by atoms with Crippen LogP contribution < -0.4 is 9.80 Å². The van der Waals surface area contributed by atoms with Gasteiger partial charge in [-0.3, -0.25) is 4.40 Å². The molecule has 0 spiro atoms. The summed E-state index contributed by atoms with van der Waals surface area (Å²) >= 11 is 1.59. The number of thioether (sulfide) groups is 1. The molecule has 4 heterocycles. The molecular formula is C18H24N8S. The van der Waals surface area contributed by atoms with E-state index in [0.29, 0.717) is 0 Å². The first-order chi connectivity index (χ1) is 13.1. The molecule has 0 bridgehead atoms. The lowest BCUT2D eigenvalue weighted by Crippen LogP contribution is -2.47. The van der Waals surface area contributed by atoms with Crippen LogP contribution in [0.25, 0.3) is 5.65 Å². The number of hydrogen-bond donors (Lipinski definition) is 0. The van der Waals surface area contributed by atoms with Gasteiger partial charge in [-0.1, -0.05) is 18.7 Å². The number of aromatic nitrogens is 6. The Morgan fingerprint density at radius 3 is 2.37 bits per heavy atom. The molecule has 0 radical (unpaired) electrons. The van der Waals surface area contributed by atoms with Crippen LogP contribution >= 0.6 is 11.8 Å². The maximum Gasteiger partial charge on any atom is 0.203 e. The molecule has 0 N–H and O–H groups in total. The number of rotatable bonds is 4. The molecule has 1 saturated heterocycles. The lowest BCUT2D eigenvalue weighted by molar-refractivity contribution is 0.635. The molecule has 27 heavy (non-hydrogen) atoms. The van der Waals surface area contributed by atoms with Crippen LogP contribution in [0, 0.1) is 13.8 Å². The van der Waals surface area contributed by atoms with Gasteiger partial charge in [0, 0.05) is 56.3 Å². The van der Waals surface area contributed by atoms with Crippen LogP contribution in [0.15, 0.2) is 17.6 Å². The van der Waals surface area contributed by atoms with Crippen molar-refractivity contribution in [3.8, 4) is 0 Å². The minimum Gasteiger partial charge on any atom is -0.353 e. The Labute approximate surface area is 163 Å². The lowest BCUT2D eigenvalue weighted by Gasteiger charge is -2.36. The Morgan fingerprint density at radius 2 is 1.70 bits per heavy atom. The van der Waals surface area contributed by atoms with E-state index in [9.17, 15) is 0 Å². The molecule has 1 aliphatic heterocycles. The number of aryl methyl sites for hydroxylation is 2. The zero-order chi connectivity index (χ0) is 19.0. The van der Waals surface area contributed by atoms with Gasteiger partial charge in [0.25, 0.3) is 0 Å². The fourth-order valence-corrected chi connectivity index (χ4v) is 3.85.